The summed E-state index contributed by atoms with van der Waals surface area (Å²) in [5, 5.41) is 0.801. The molecule has 1 atom stereocenters. The van der Waals surface area contributed by atoms with Crippen molar-refractivity contribution in [3.8, 4) is 17.4 Å². The number of carbonyl (C=O) groups is 1. The third-order valence-corrected chi connectivity index (χ3v) is 3.81. The molecule has 24 heavy (non-hydrogen) atoms. The van der Waals surface area contributed by atoms with Crippen LogP contribution >= 0.6 is 15.9 Å². The monoisotopic (exact) mass is 387 g/mol. The standard InChI is InChI=1S/C17H14BrN3O3/c1-10(16(19)22)23-12-3-5-13(6-4-12)24-17-14-8-11(18)2-7-15(14)20-9-21-17/h2-10H,1H3,(H2,19,22). The highest BCUT2D eigenvalue weighted by atomic mass is 79.9. The molecule has 0 aliphatic heterocycles. The van der Waals surface area contributed by atoms with Crippen LogP contribution in [0, 0.1) is 0 Å². The highest BCUT2D eigenvalue weighted by Gasteiger charge is 2.11. The lowest BCUT2D eigenvalue weighted by Crippen LogP contribution is -2.30. The molecule has 122 valence electrons. The van der Waals surface area contributed by atoms with E-state index in [1.54, 1.807) is 31.2 Å². The molecule has 0 aliphatic rings. The van der Waals surface area contributed by atoms with Gasteiger partial charge in [0.15, 0.2) is 6.10 Å². The van der Waals surface area contributed by atoms with E-state index in [9.17, 15) is 4.79 Å². The second-order valence-electron chi connectivity index (χ2n) is 5.08. The minimum atomic E-state index is -0.695. The zero-order chi connectivity index (χ0) is 17.1. The molecule has 0 fully saturated rings. The highest BCUT2D eigenvalue weighted by molar-refractivity contribution is 9.10. The van der Waals surface area contributed by atoms with E-state index >= 15 is 0 Å². The van der Waals surface area contributed by atoms with Crippen LogP contribution in [0.2, 0.25) is 0 Å². The molecule has 1 aromatic heterocycles. The first kappa shape index (κ1) is 16.2. The van der Waals surface area contributed by atoms with E-state index in [1.807, 2.05) is 18.2 Å². The number of primary amides is 1. The molecule has 0 spiro atoms. The Labute approximate surface area is 146 Å². The fourth-order valence-corrected chi connectivity index (χ4v) is 2.41. The van der Waals surface area contributed by atoms with Gasteiger partial charge in [0.1, 0.15) is 17.8 Å². The summed E-state index contributed by atoms with van der Waals surface area (Å²) in [6.07, 6.45) is 0.761. The van der Waals surface area contributed by atoms with Crippen molar-refractivity contribution in [1.82, 2.24) is 9.97 Å². The molecule has 2 N–H and O–H groups in total. The van der Waals surface area contributed by atoms with Crippen LogP contribution in [0.25, 0.3) is 10.9 Å². The Morgan fingerprint density at radius 3 is 2.54 bits per heavy atom. The Morgan fingerprint density at radius 2 is 1.83 bits per heavy atom. The Kier molecular flexibility index (Phi) is 4.61. The van der Waals surface area contributed by atoms with Crippen molar-refractivity contribution in [2.75, 3.05) is 0 Å². The molecule has 3 aromatic rings. The molecule has 0 bridgehead atoms. The number of halogens is 1. The van der Waals surface area contributed by atoms with Gasteiger partial charge in [-0.05, 0) is 49.4 Å². The van der Waals surface area contributed by atoms with E-state index in [4.69, 9.17) is 15.2 Å². The predicted octanol–water partition coefficient (Wildman–Crippen LogP) is 3.44. The molecule has 1 heterocycles. The van der Waals surface area contributed by atoms with Gasteiger partial charge in [-0.3, -0.25) is 4.79 Å². The highest BCUT2D eigenvalue weighted by Crippen LogP contribution is 2.29. The van der Waals surface area contributed by atoms with Crippen molar-refractivity contribution in [1.29, 1.82) is 0 Å². The van der Waals surface area contributed by atoms with E-state index in [0.717, 1.165) is 15.4 Å². The summed E-state index contributed by atoms with van der Waals surface area (Å²) in [5.41, 5.74) is 5.96. The van der Waals surface area contributed by atoms with E-state index in [1.165, 1.54) is 6.33 Å². The Bertz CT molecular complexity index is 884. The molecular weight excluding hydrogens is 374 g/mol. The summed E-state index contributed by atoms with van der Waals surface area (Å²) < 4.78 is 12.2. The lowest BCUT2D eigenvalue weighted by Gasteiger charge is -2.12. The lowest BCUT2D eigenvalue weighted by molar-refractivity contribution is -0.123. The molecule has 7 heteroatoms. The molecule has 0 aliphatic carbocycles. The quantitative estimate of drug-likeness (QED) is 0.724. The summed E-state index contributed by atoms with van der Waals surface area (Å²) >= 11 is 3.43. The van der Waals surface area contributed by atoms with Gasteiger partial charge in [-0.2, -0.15) is 0 Å². The fourth-order valence-electron chi connectivity index (χ4n) is 2.05. The van der Waals surface area contributed by atoms with Crippen LogP contribution in [0.15, 0.2) is 53.3 Å². The predicted molar refractivity (Wildman–Crippen MR) is 93.0 cm³/mol. The van der Waals surface area contributed by atoms with E-state index in [2.05, 4.69) is 25.9 Å². The minimum absolute atomic E-state index is 0.459. The van der Waals surface area contributed by atoms with Gasteiger partial charge >= 0.3 is 0 Å². The summed E-state index contributed by atoms with van der Waals surface area (Å²) in [6, 6.07) is 12.6. The third kappa shape index (κ3) is 3.62. The van der Waals surface area contributed by atoms with E-state index in [0.29, 0.717) is 17.4 Å². The van der Waals surface area contributed by atoms with Crippen molar-refractivity contribution in [2.24, 2.45) is 5.73 Å². The van der Waals surface area contributed by atoms with E-state index < -0.39 is 12.0 Å². The van der Waals surface area contributed by atoms with Gasteiger partial charge in [-0.15, -0.1) is 0 Å². The molecule has 3 rings (SSSR count). The largest absolute Gasteiger partial charge is 0.481 e. The maximum absolute atomic E-state index is 11.0. The van der Waals surface area contributed by atoms with Crippen molar-refractivity contribution in [3.05, 3.63) is 53.3 Å². The van der Waals surface area contributed by atoms with Crippen LogP contribution in [-0.2, 0) is 4.79 Å². The minimum Gasteiger partial charge on any atom is -0.481 e. The number of aromatic nitrogens is 2. The number of benzene rings is 2. The molecular formula is C17H14BrN3O3. The first-order chi connectivity index (χ1) is 11.5. The molecule has 2 aromatic carbocycles. The number of hydrogen-bond acceptors (Lipinski definition) is 5. The maximum atomic E-state index is 11.0. The molecule has 6 nitrogen and oxygen atoms in total. The van der Waals surface area contributed by atoms with Gasteiger partial charge in [0, 0.05) is 4.47 Å². The summed E-state index contributed by atoms with van der Waals surface area (Å²) in [5.74, 6) is 1.06. The molecule has 0 radical (unpaired) electrons. The number of carbonyl (C=O) groups excluding carboxylic acids is 1. The Hall–Kier alpha value is -2.67. The van der Waals surface area contributed by atoms with Gasteiger partial charge in [-0.1, -0.05) is 15.9 Å². The SMILES string of the molecule is CC(Oc1ccc(Oc2ncnc3ccc(Br)cc23)cc1)C(N)=O. The molecule has 1 unspecified atom stereocenters. The van der Waals surface area contributed by atoms with Crippen LogP contribution in [0.5, 0.6) is 17.4 Å². The average molecular weight is 388 g/mol. The Balaban J connectivity index is 1.82. The summed E-state index contributed by atoms with van der Waals surface area (Å²) in [4.78, 5) is 19.4. The number of rotatable bonds is 5. The van der Waals surface area contributed by atoms with Crippen LogP contribution < -0.4 is 15.2 Å². The second kappa shape index (κ2) is 6.84. The Morgan fingerprint density at radius 1 is 1.12 bits per heavy atom. The van der Waals surface area contributed by atoms with Crippen molar-refractivity contribution in [3.63, 3.8) is 0 Å². The van der Waals surface area contributed by atoms with E-state index in [-0.39, 0.29) is 0 Å². The fraction of sp³-hybridized carbons (Fsp3) is 0.118. The van der Waals surface area contributed by atoms with Gasteiger partial charge in [-0.25, -0.2) is 9.97 Å². The van der Waals surface area contributed by atoms with Crippen LogP contribution in [0.3, 0.4) is 0 Å². The van der Waals surface area contributed by atoms with Crippen molar-refractivity contribution < 1.29 is 14.3 Å². The third-order valence-electron chi connectivity index (χ3n) is 3.31. The van der Waals surface area contributed by atoms with Crippen molar-refractivity contribution in [2.45, 2.75) is 13.0 Å². The van der Waals surface area contributed by atoms with Gasteiger partial charge in [0.05, 0.1) is 10.9 Å². The zero-order valence-corrected chi connectivity index (χ0v) is 14.4. The molecule has 1 amide bonds. The normalized spacial score (nSPS) is 11.9. The number of nitrogens with two attached hydrogens (primary N) is 1. The first-order valence-corrected chi connectivity index (χ1v) is 7.96. The average Bonchev–Trinajstić information content (AvgIpc) is 2.57. The topological polar surface area (TPSA) is 87.3 Å². The smallest absolute Gasteiger partial charge is 0.258 e. The summed E-state index contributed by atoms with van der Waals surface area (Å²) in [7, 11) is 0. The van der Waals surface area contributed by atoms with Gasteiger partial charge < -0.3 is 15.2 Å². The van der Waals surface area contributed by atoms with Gasteiger partial charge in [0.2, 0.25) is 5.88 Å². The molecule has 0 saturated heterocycles. The summed E-state index contributed by atoms with van der Waals surface area (Å²) in [6.45, 7) is 1.59. The zero-order valence-electron chi connectivity index (χ0n) is 12.8. The number of ether oxygens (including phenoxy) is 2. The van der Waals surface area contributed by atoms with Gasteiger partial charge in [0.25, 0.3) is 5.91 Å². The number of amides is 1. The number of fused-ring (bicyclic) bond motifs is 1. The number of hydrogen-bond donors (Lipinski definition) is 1. The van der Waals surface area contributed by atoms with Crippen LogP contribution in [0.4, 0.5) is 0 Å². The lowest BCUT2D eigenvalue weighted by atomic mass is 10.2. The number of nitrogens with zero attached hydrogens (tertiary/aromatic N) is 2. The van der Waals surface area contributed by atoms with Crippen LogP contribution in [-0.4, -0.2) is 22.0 Å². The molecule has 0 saturated carbocycles. The van der Waals surface area contributed by atoms with Crippen LogP contribution in [0.1, 0.15) is 6.92 Å². The maximum Gasteiger partial charge on any atom is 0.258 e. The van der Waals surface area contributed by atoms with Crippen molar-refractivity contribution >= 4 is 32.7 Å². The second-order valence-corrected chi connectivity index (χ2v) is 5.99. The first-order valence-electron chi connectivity index (χ1n) is 7.17.